The van der Waals surface area contributed by atoms with E-state index < -0.39 is 5.60 Å². The number of pyridine rings is 1. The van der Waals surface area contributed by atoms with Crippen molar-refractivity contribution in [3.8, 4) is 0 Å². The van der Waals surface area contributed by atoms with Crippen molar-refractivity contribution in [3.63, 3.8) is 0 Å². The van der Waals surface area contributed by atoms with E-state index in [0.29, 0.717) is 5.92 Å². The summed E-state index contributed by atoms with van der Waals surface area (Å²) in [6.45, 7) is 7.18. The van der Waals surface area contributed by atoms with Gasteiger partial charge >= 0.3 is 6.09 Å². The number of carbonyl (C=O) groups is 1. The van der Waals surface area contributed by atoms with Crippen LogP contribution in [0, 0.1) is 0 Å². The molecule has 0 N–H and O–H groups in total. The highest BCUT2D eigenvalue weighted by atomic mass is 16.6. The van der Waals surface area contributed by atoms with Crippen molar-refractivity contribution < 1.29 is 9.53 Å². The third-order valence-corrected chi connectivity index (χ3v) is 3.25. The monoisotopic (exact) mass is 262 g/mol. The maximum Gasteiger partial charge on any atom is 0.410 e. The average molecular weight is 262 g/mol. The Kier molecular flexibility index (Phi) is 4.08. The Morgan fingerprint density at radius 2 is 2.00 bits per heavy atom. The van der Waals surface area contributed by atoms with Crippen molar-refractivity contribution in [2.24, 2.45) is 0 Å². The van der Waals surface area contributed by atoms with Crippen LogP contribution in [-0.4, -0.2) is 34.7 Å². The lowest BCUT2D eigenvalue weighted by molar-refractivity contribution is 0.0204. The highest BCUT2D eigenvalue weighted by Crippen LogP contribution is 2.27. The fourth-order valence-electron chi connectivity index (χ4n) is 2.30. The number of hydrogen-bond acceptors (Lipinski definition) is 3. The fourth-order valence-corrected chi connectivity index (χ4v) is 2.30. The predicted molar refractivity (Wildman–Crippen MR) is 74.0 cm³/mol. The summed E-state index contributed by atoms with van der Waals surface area (Å²) in [7, 11) is 0. The van der Waals surface area contributed by atoms with E-state index in [1.165, 1.54) is 0 Å². The summed E-state index contributed by atoms with van der Waals surface area (Å²) in [4.78, 5) is 18.1. The van der Waals surface area contributed by atoms with Gasteiger partial charge in [-0.3, -0.25) is 4.98 Å². The fraction of sp³-hybridized carbons (Fsp3) is 0.600. The van der Waals surface area contributed by atoms with Crippen LogP contribution in [0.3, 0.4) is 0 Å². The first-order chi connectivity index (χ1) is 8.96. The maximum absolute atomic E-state index is 11.9. The minimum atomic E-state index is -0.422. The molecular formula is C15H22N2O2. The highest BCUT2D eigenvalue weighted by molar-refractivity contribution is 5.68. The third-order valence-electron chi connectivity index (χ3n) is 3.25. The number of carbonyl (C=O) groups excluding carboxylic acids is 1. The largest absolute Gasteiger partial charge is 0.444 e. The molecule has 1 amide bonds. The minimum absolute atomic E-state index is 0.202. The predicted octanol–water partition coefficient (Wildman–Crippen LogP) is 3.20. The molecule has 1 aliphatic heterocycles. The zero-order valence-electron chi connectivity index (χ0n) is 11.9. The molecule has 2 heterocycles. The number of ether oxygens (including phenoxy) is 1. The second-order valence-electron chi connectivity index (χ2n) is 6.00. The van der Waals surface area contributed by atoms with Gasteiger partial charge in [-0.2, -0.15) is 0 Å². The second-order valence-corrected chi connectivity index (χ2v) is 6.00. The molecule has 0 bridgehead atoms. The number of nitrogens with zero attached hydrogens (tertiary/aromatic N) is 2. The SMILES string of the molecule is CC(C)(C)OC(=O)N1CCC(c2ccccn2)CC1. The van der Waals surface area contributed by atoms with Gasteiger partial charge in [0.1, 0.15) is 5.60 Å². The Balaban J connectivity index is 1.88. The van der Waals surface area contributed by atoms with Gasteiger partial charge in [-0.1, -0.05) is 6.07 Å². The number of hydrogen-bond donors (Lipinski definition) is 0. The van der Waals surface area contributed by atoms with Crippen LogP contribution in [0.25, 0.3) is 0 Å². The number of aromatic nitrogens is 1. The van der Waals surface area contributed by atoms with Crippen LogP contribution < -0.4 is 0 Å². The lowest BCUT2D eigenvalue weighted by Crippen LogP contribution is -2.41. The normalized spacial score (nSPS) is 17.3. The van der Waals surface area contributed by atoms with Crippen molar-refractivity contribution in [3.05, 3.63) is 30.1 Å². The van der Waals surface area contributed by atoms with E-state index in [1.807, 2.05) is 39.1 Å². The Bertz CT molecular complexity index is 418. The zero-order chi connectivity index (χ0) is 13.9. The first-order valence-corrected chi connectivity index (χ1v) is 6.84. The van der Waals surface area contributed by atoms with Gasteiger partial charge in [-0.15, -0.1) is 0 Å². The molecule has 4 heteroatoms. The highest BCUT2D eigenvalue weighted by Gasteiger charge is 2.27. The molecule has 1 aliphatic rings. The molecule has 0 atom stereocenters. The third kappa shape index (κ3) is 3.94. The van der Waals surface area contributed by atoms with E-state index in [9.17, 15) is 4.79 Å². The van der Waals surface area contributed by atoms with E-state index >= 15 is 0 Å². The molecule has 4 nitrogen and oxygen atoms in total. The molecule has 0 spiro atoms. The summed E-state index contributed by atoms with van der Waals surface area (Å²) in [5, 5.41) is 0. The standard InChI is InChI=1S/C15H22N2O2/c1-15(2,3)19-14(18)17-10-7-12(8-11-17)13-6-4-5-9-16-13/h4-6,9,12H,7-8,10-11H2,1-3H3. The first-order valence-electron chi connectivity index (χ1n) is 6.84. The van der Waals surface area contributed by atoms with Gasteiger partial charge in [0.25, 0.3) is 0 Å². The van der Waals surface area contributed by atoms with Crippen molar-refractivity contribution in [1.29, 1.82) is 0 Å². The van der Waals surface area contributed by atoms with E-state index in [2.05, 4.69) is 11.1 Å². The van der Waals surface area contributed by atoms with Crippen molar-refractivity contribution in [1.82, 2.24) is 9.88 Å². The number of amides is 1. The van der Waals surface area contributed by atoms with Crippen LogP contribution in [0.5, 0.6) is 0 Å². The molecule has 1 saturated heterocycles. The first kappa shape index (κ1) is 13.8. The topological polar surface area (TPSA) is 42.4 Å². The number of likely N-dealkylation sites (tertiary alicyclic amines) is 1. The molecule has 1 aromatic heterocycles. The van der Waals surface area contributed by atoms with E-state index in [4.69, 9.17) is 4.74 Å². The van der Waals surface area contributed by atoms with Crippen LogP contribution in [0.4, 0.5) is 4.79 Å². The van der Waals surface area contributed by atoms with Crippen LogP contribution in [-0.2, 0) is 4.74 Å². The summed E-state index contributed by atoms with van der Waals surface area (Å²) < 4.78 is 5.39. The molecule has 19 heavy (non-hydrogen) atoms. The maximum atomic E-state index is 11.9. The Morgan fingerprint density at radius 3 is 2.53 bits per heavy atom. The van der Waals surface area contributed by atoms with Gasteiger partial charge in [0, 0.05) is 30.9 Å². The summed E-state index contributed by atoms with van der Waals surface area (Å²) in [6.07, 6.45) is 3.54. The van der Waals surface area contributed by atoms with E-state index in [-0.39, 0.29) is 6.09 Å². The van der Waals surface area contributed by atoms with Gasteiger partial charge in [0.2, 0.25) is 0 Å². The summed E-state index contributed by atoms with van der Waals surface area (Å²) in [5.41, 5.74) is 0.709. The summed E-state index contributed by atoms with van der Waals surface area (Å²) in [5.74, 6) is 0.458. The Morgan fingerprint density at radius 1 is 1.32 bits per heavy atom. The van der Waals surface area contributed by atoms with Gasteiger partial charge in [-0.25, -0.2) is 4.79 Å². The smallest absolute Gasteiger partial charge is 0.410 e. The molecule has 0 aromatic carbocycles. The van der Waals surface area contributed by atoms with Crippen LogP contribution >= 0.6 is 0 Å². The summed E-state index contributed by atoms with van der Waals surface area (Å²) >= 11 is 0. The van der Waals surface area contributed by atoms with Crippen molar-refractivity contribution in [2.45, 2.75) is 45.1 Å². The van der Waals surface area contributed by atoms with Gasteiger partial charge in [-0.05, 0) is 45.7 Å². The quantitative estimate of drug-likeness (QED) is 0.780. The Labute approximate surface area is 114 Å². The molecule has 2 rings (SSSR count). The lowest BCUT2D eigenvalue weighted by atomic mass is 9.93. The lowest BCUT2D eigenvalue weighted by Gasteiger charge is -2.33. The van der Waals surface area contributed by atoms with Crippen LogP contribution in [0.1, 0.15) is 45.2 Å². The summed E-state index contributed by atoms with van der Waals surface area (Å²) in [6, 6.07) is 6.01. The van der Waals surface area contributed by atoms with Crippen molar-refractivity contribution >= 4 is 6.09 Å². The molecule has 104 valence electrons. The van der Waals surface area contributed by atoms with Gasteiger partial charge in [0.05, 0.1) is 0 Å². The number of piperidine rings is 1. The molecule has 0 radical (unpaired) electrons. The molecular weight excluding hydrogens is 240 g/mol. The van der Waals surface area contributed by atoms with Crippen molar-refractivity contribution in [2.75, 3.05) is 13.1 Å². The molecule has 1 aromatic rings. The molecule has 0 aliphatic carbocycles. The molecule has 1 fully saturated rings. The van der Waals surface area contributed by atoms with Gasteiger partial charge in [0.15, 0.2) is 0 Å². The molecule has 0 unspecified atom stereocenters. The number of rotatable bonds is 1. The molecule has 0 saturated carbocycles. The van der Waals surface area contributed by atoms with E-state index in [1.54, 1.807) is 4.90 Å². The second kappa shape index (κ2) is 5.59. The van der Waals surface area contributed by atoms with E-state index in [0.717, 1.165) is 31.6 Å². The van der Waals surface area contributed by atoms with Crippen LogP contribution in [0.2, 0.25) is 0 Å². The Hall–Kier alpha value is -1.58. The van der Waals surface area contributed by atoms with Crippen LogP contribution in [0.15, 0.2) is 24.4 Å². The zero-order valence-corrected chi connectivity index (χ0v) is 11.9. The average Bonchev–Trinajstić information content (AvgIpc) is 2.38. The van der Waals surface area contributed by atoms with Gasteiger partial charge < -0.3 is 9.64 Å². The minimum Gasteiger partial charge on any atom is -0.444 e.